The van der Waals surface area contributed by atoms with Gasteiger partial charge in [-0.05, 0) is 35.1 Å². The largest absolute Gasteiger partial charge is 0.452 e. The number of H-pyrrole nitrogens is 1. The van der Waals surface area contributed by atoms with Gasteiger partial charge in [0, 0.05) is 6.54 Å². The first-order valence-corrected chi connectivity index (χ1v) is 11.8. The zero-order chi connectivity index (χ0) is 26.5. The second-order valence-corrected chi connectivity index (χ2v) is 9.51. The SMILES string of the molecule is CCCN(C(=O)COC(=O)c1ccc(C(C)(C)C)cc1)c1c(N)n(Cc2ccccc2)c(=O)[nH]c1=O. The monoisotopic (exact) mass is 492 g/mol. The van der Waals surface area contributed by atoms with Crippen LogP contribution in [0.3, 0.4) is 0 Å². The first-order chi connectivity index (χ1) is 17.0. The number of nitrogens with one attached hydrogen (secondary N) is 1. The fraction of sp³-hybridized carbons (Fsp3) is 0.333. The Hall–Kier alpha value is -4.14. The third kappa shape index (κ3) is 6.10. The Bertz CT molecular complexity index is 1340. The van der Waals surface area contributed by atoms with Crippen molar-refractivity contribution in [1.82, 2.24) is 9.55 Å². The lowest BCUT2D eigenvalue weighted by Gasteiger charge is -2.24. The minimum absolute atomic E-state index is 0.0664. The summed E-state index contributed by atoms with van der Waals surface area (Å²) in [6, 6.07) is 16.1. The van der Waals surface area contributed by atoms with Gasteiger partial charge in [0.25, 0.3) is 11.5 Å². The predicted octanol–water partition coefficient (Wildman–Crippen LogP) is 3.06. The number of nitrogens with zero attached hydrogens (tertiary/aromatic N) is 2. The first kappa shape index (κ1) is 26.5. The molecular weight excluding hydrogens is 460 g/mol. The molecule has 9 nitrogen and oxygen atoms in total. The molecule has 0 aliphatic rings. The molecule has 3 aromatic rings. The lowest BCUT2D eigenvalue weighted by molar-refractivity contribution is -0.121. The summed E-state index contributed by atoms with van der Waals surface area (Å²) in [6.45, 7) is 7.70. The third-order valence-corrected chi connectivity index (χ3v) is 5.73. The Labute approximate surface area is 209 Å². The summed E-state index contributed by atoms with van der Waals surface area (Å²) in [5, 5.41) is 0. The van der Waals surface area contributed by atoms with E-state index in [1.165, 1.54) is 4.57 Å². The second kappa shape index (κ2) is 11.1. The lowest BCUT2D eigenvalue weighted by Crippen LogP contribution is -2.43. The molecule has 0 bridgehead atoms. The highest BCUT2D eigenvalue weighted by atomic mass is 16.5. The molecule has 0 saturated carbocycles. The van der Waals surface area contributed by atoms with Crippen molar-refractivity contribution in [3.8, 4) is 0 Å². The van der Waals surface area contributed by atoms with Crippen LogP contribution in [0, 0.1) is 0 Å². The Kier molecular flexibility index (Phi) is 8.14. The molecule has 0 spiro atoms. The summed E-state index contributed by atoms with van der Waals surface area (Å²) < 4.78 is 6.44. The molecule has 1 amide bonds. The Morgan fingerprint density at radius 3 is 2.25 bits per heavy atom. The molecule has 1 aromatic heterocycles. The van der Waals surface area contributed by atoms with Crippen LogP contribution in [0.2, 0.25) is 0 Å². The van der Waals surface area contributed by atoms with E-state index >= 15 is 0 Å². The van der Waals surface area contributed by atoms with Crippen LogP contribution in [0.25, 0.3) is 0 Å². The number of nitrogen functional groups attached to an aromatic ring is 1. The van der Waals surface area contributed by atoms with Crippen molar-refractivity contribution in [3.63, 3.8) is 0 Å². The number of esters is 1. The van der Waals surface area contributed by atoms with E-state index in [2.05, 4.69) is 25.8 Å². The number of hydrogen-bond acceptors (Lipinski definition) is 6. The summed E-state index contributed by atoms with van der Waals surface area (Å²) >= 11 is 0. The molecular formula is C27H32N4O5. The van der Waals surface area contributed by atoms with Gasteiger partial charge >= 0.3 is 11.7 Å². The number of carbonyl (C=O) groups is 2. The number of aromatic nitrogens is 2. The number of benzene rings is 2. The summed E-state index contributed by atoms with van der Waals surface area (Å²) in [5.41, 5.74) is 6.72. The van der Waals surface area contributed by atoms with Crippen LogP contribution in [0.5, 0.6) is 0 Å². The average Bonchev–Trinajstić information content (AvgIpc) is 2.84. The maximum Gasteiger partial charge on any atom is 0.338 e. The second-order valence-electron chi connectivity index (χ2n) is 9.51. The number of anilines is 2. The summed E-state index contributed by atoms with van der Waals surface area (Å²) in [7, 11) is 0. The van der Waals surface area contributed by atoms with E-state index in [9.17, 15) is 19.2 Å². The highest BCUT2D eigenvalue weighted by molar-refractivity contribution is 5.98. The molecule has 0 radical (unpaired) electrons. The molecule has 1 heterocycles. The van der Waals surface area contributed by atoms with Crippen molar-refractivity contribution in [2.75, 3.05) is 23.8 Å². The molecule has 0 saturated heterocycles. The number of amides is 1. The zero-order valence-corrected chi connectivity index (χ0v) is 21.0. The van der Waals surface area contributed by atoms with E-state index in [1.807, 2.05) is 49.4 Å². The highest BCUT2D eigenvalue weighted by Crippen LogP contribution is 2.22. The van der Waals surface area contributed by atoms with E-state index in [-0.39, 0.29) is 30.0 Å². The molecule has 36 heavy (non-hydrogen) atoms. The molecule has 9 heteroatoms. The summed E-state index contributed by atoms with van der Waals surface area (Å²) in [4.78, 5) is 54.2. The summed E-state index contributed by atoms with van der Waals surface area (Å²) in [5.74, 6) is -1.42. The molecule has 0 unspecified atom stereocenters. The maximum absolute atomic E-state index is 13.1. The van der Waals surface area contributed by atoms with Crippen molar-refractivity contribution < 1.29 is 14.3 Å². The summed E-state index contributed by atoms with van der Waals surface area (Å²) in [6.07, 6.45) is 0.505. The van der Waals surface area contributed by atoms with E-state index in [1.54, 1.807) is 12.1 Å². The standard InChI is InChI=1S/C27H32N4O5/c1-5-15-30(21(32)17-36-25(34)19-11-13-20(14-12-19)27(2,3)4)22-23(28)31(26(35)29-24(22)33)16-18-9-7-6-8-10-18/h6-14H,5,15-17,28H2,1-4H3,(H,29,33,35). The molecule has 2 aromatic carbocycles. The average molecular weight is 493 g/mol. The van der Waals surface area contributed by atoms with Crippen LogP contribution in [0.15, 0.2) is 64.2 Å². The van der Waals surface area contributed by atoms with Gasteiger partial charge in [0.05, 0.1) is 12.1 Å². The van der Waals surface area contributed by atoms with Gasteiger partial charge in [-0.1, -0.05) is 70.2 Å². The topological polar surface area (TPSA) is 127 Å². The van der Waals surface area contributed by atoms with Gasteiger partial charge in [0.15, 0.2) is 12.3 Å². The van der Waals surface area contributed by atoms with Crippen molar-refractivity contribution in [3.05, 3.63) is 92.1 Å². The number of carbonyl (C=O) groups excluding carboxylic acids is 2. The lowest BCUT2D eigenvalue weighted by atomic mass is 9.87. The van der Waals surface area contributed by atoms with Crippen LogP contribution in [-0.4, -0.2) is 34.6 Å². The Morgan fingerprint density at radius 1 is 1.03 bits per heavy atom. The molecule has 0 atom stereocenters. The van der Waals surface area contributed by atoms with Crippen molar-refractivity contribution in [1.29, 1.82) is 0 Å². The van der Waals surface area contributed by atoms with Crippen molar-refractivity contribution >= 4 is 23.4 Å². The van der Waals surface area contributed by atoms with Crippen molar-refractivity contribution in [2.45, 2.75) is 46.1 Å². The minimum atomic E-state index is -0.785. The Morgan fingerprint density at radius 2 is 1.67 bits per heavy atom. The van der Waals surface area contributed by atoms with E-state index in [4.69, 9.17) is 10.5 Å². The number of rotatable bonds is 8. The number of nitrogens with two attached hydrogens (primary N) is 1. The minimum Gasteiger partial charge on any atom is -0.452 e. The van der Waals surface area contributed by atoms with Crippen molar-refractivity contribution in [2.24, 2.45) is 0 Å². The molecule has 0 aliphatic carbocycles. The quantitative estimate of drug-likeness (QED) is 0.465. The molecule has 0 aliphatic heterocycles. The fourth-order valence-electron chi connectivity index (χ4n) is 3.74. The van der Waals surface area contributed by atoms with Crippen LogP contribution in [-0.2, 0) is 21.5 Å². The van der Waals surface area contributed by atoms with Gasteiger partial charge in [-0.15, -0.1) is 0 Å². The molecule has 0 fully saturated rings. The third-order valence-electron chi connectivity index (χ3n) is 5.73. The van der Waals surface area contributed by atoms with Gasteiger partial charge in [-0.2, -0.15) is 0 Å². The van der Waals surface area contributed by atoms with Crippen LogP contribution >= 0.6 is 0 Å². The van der Waals surface area contributed by atoms with Gasteiger partial charge in [-0.3, -0.25) is 19.1 Å². The van der Waals surface area contributed by atoms with E-state index < -0.39 is 29.7 Å². The van der Waals surface area contributed by atoms with E-state index in [0.29, 0.717) is 12.0 Å². The fourth-order valence-corrected chi connectivity index (χ4v) is 3.74. The number of aromatic amines is 1. The van der Waals surface area contributed by atoms with Gasteiger partial charge in [0.2, 0.25) is 0 Å². The Balaban J connectivity index is 1.83. The highest BCUT2D eigenvalue weighted by Gasteiger charge is 2.25. The van der Waals surface area contributed by atoms with Crippen LogP contribution in [0.4, 0.5) is 11.5 Å². The van der Waals surface area contributed by atoms with Gasteiger partial charge in [0.1, 0.15) is 5.82 Å². The van der Waals surface area contributed by atoms with E-state index in [0.717, 1.165) is 16.0 Å². The smallest absolute Gasteiger partial charge is 0.338 e. The van der Waals surface area contributed by atoms with Gasteiger partial charge < -0.3 is 15.4 Å². The zero-order valence-electron chi connectivity index (χ0n) is 21.0. The normalized spacial score (nSPS) is 11.2. The number of hydrogen-bond donors (Lipinski definition) is 2. The van der Waals surface area contributed by atoms with Crippen LogP contribution in [0.1, 0.15) is 55.6 Å². The maximum atomic E-state index is 13.1. The number of ether oxygens (including phenoxy) is 1. The van der Waals surface area contributed by atoms with Crippen LogP contribution < -0.4 is 21.9 Å². The molecule has 190 valence electrons. The predicted molar refractivity (Wildman–Crippen MR) is 139 cm³/mol. The van der Waals surface area contributed by atoms with Gasteiger partial charge in [-0.25, -0.2) is 9.59 Å². The molecule has 3 rings (SSSR count). The first-order valence-electron chi connectivity index (χ1n) is 11.8. The molecule has 3 N–H and O–H groups in total.